The van der Waals surface area contributed by atoms with E-state index in [1.807, 2.05) is 7.05 Å². The molecule has 0 radical (unpaired) electrons. The fraction of sp³-hybridized carbons (Fsp3) is 0.455. The van der Waals surface area contributed by atoms with Crippen molar-refractivity contribution in [3.8, 4) is 0 Å². The highest BCUT2D eigenvalue weighted by Crippen LogP contribution is 2.27. The molecule has 1 unspecified atom stereocenters. The van der Waals surface area contributed by atoms with E-state index < -0.39 is 0 Å². The monoisotopic (exact) mass is 176 g/mol. The van der Waals surface area contributed by atoms with Gasteiger partial charge in [0.25, 0.3) is 0 Å². The summed E-state index contributed by atoms with van der Waals surface area (Å²) in [6.45, 7) is 0. The van der Waals surface area contributed by atoms with Crippen molar-refractivity contribution < 1.29 is 0 Å². The molecule has 2 heteroatoms. The summed E-state index contributed by atoms with van der Waals surface area (Å²) in [6, 6.07) is 8.64. The Hall–Kier alpha value is -1.02. The van der Waals surface area contributed by atoms with Crippen LogP contribution in [-0.2, 0) is 6.42 Å². The molecule has 2 rings (SSSR count). The van der Waals surface area contributed by atoms with Gasteiger partial charge < -0.3 is 10.2 Å². The van der Waals surface area contributed by atoms with Crippen LogP contribution in [0.5, 0.6) is 0 Å². The molecule has 0 aliphatic carbocycles. The number of aryl methyl sites for hydroxylation is 1. The van der Waals surface area contributed by atoms with Crippen LogP contribution in [-0.4, -0.2) is 20.3 Å². The lowest BCUT2D eigenvalue weighted by Gasteiger charge is -2.35. The second-order valence-electron chi connectivity index (χ2n) is 3.58. The summed E-state index contributed by atoms with van der Waals surface area (Å²) in [5, 5.41) is 3.32. The number of nitrogens with zero attached hydrogens (tertiary/aromatic N) is 1. The zero-order chi connectivity index (χ0) is 9.26. The molecule has 1 aliphatic heterocycles. The average molecular weight is 176 g/mol. The van der Waals surface area contributed by atoms with Crippen molar-refractivity contribution in [3.05, 3.63) is 29.8 Å². The molecule has 1 N–H and O–H groups in total. The van der Waals surface area contributed by atoms with Gasteiger partial charge in [0.1, 0.15) is 0 Å². The molecule has 70 valence electrons. The molecule has 0 bridgehead atoms. The SMILES string of the molecule is CNC1CCc2ccccc2N1C. The van der Waals surface area contributed by atoms with E-state index in [-0.39, 0.29) is 0 Å². The van der Waals surface area contributed by atoms with E-state index in [0.717, 1.165) is 0 Å². The van der Waals surface area contributed by atoms with Gasteiger partial charge in [0.05, 0.1) is 6.17 Å². The Morgan fingerprint density at radius 2 is 2.15 bits per heavy atom. The molecule has 0 saturated heterocycles. The molecule has 0 aromatic heterocycles. The van der Waals surface area contributed by atoms with Gasteiger partial charge in [-0.1, -0.05) is 18.2 Å². The fourth-order valence-electron chi connectivity index (χ4n) is 2.06. The highest BCUT2D eigenvalue weighted by Gasteiger charge is 2.20. The van der Waals surface area contributed by atoms with Crippen molar-refractivity contribution in [2.75, 3.05) is 19.0 Å². The molecule has 2 nitrogen and oxygen atoms in total. The minimum absolute atomic E-state index is 0.495. The Balaban J connectivity index is 2.33. The lowest BCUT2D eigenvalue weighted by atomic mass is 10.0. The highest BCUT2D eigenvalue weighted by molar-refractivity contribution is 5.55. The van der Waals surface area contributed by atoms with Crippen molar-refractivity contribution in [1.82, 2.24) is 5.32 Å². The summed E-state index contributed by atoms with van der Waals surface area (Å²) in [7, 11) is 4.17. The second kappa shape index (κ2) is 3.38. The number of fused-ring (bicyclic) bond motifs is 1. The summed E-state index contributed by atoms with van der Waals surface area (Å²) in [4.78, 5) is 2.32. The van der Waals surface area contributed by atoms with Gasteiger partial charge in [-0.15, -0.1) is 0 Å². The predicted octanol–water partition coefficient (Wildman–Crippen LogP) is 1.61. The van der Waals surface area contributed by atoms with Gasteiger partial charge in [0, 0.05) is 12.7 Å². The standard InChI is InChI=1S/C11H16N2/c1-12-11-8-7-9-5-3-4-6-10(9)13(11)2/h3-6,11-12H,7-8H2,1-2H3. The molecule has 1 aromatic rings. The molecule has 1 heterocycles. The van der Waals surface area contributed by atoms with Crippen LogP contribution in [0.15, 0.2) is 24.3 Å². The first kappa shape index (κ1) is 8.57. The van der Waals surface area contributed by atoms with E-state index >= 15 is 0 Å². The van der Waals surface area contributed by atoms with Gasteiger partial charge in [-0.05, 0) is 31.5 Å². The van der Waals surface area contributed by atoms with E-state index in [4.69, 9.17) is 0 Å². The van der Waals surface area contributed by atoms with E-state index in [1.54, 1.807) is 0 Å². The van der Waals surface area contributed by atoms with Crippen LogP contribution in [0.2, 0.25) is 0 Å². The topological polar surface area (TPSA) is 15.3 Å². The molecule has 0 amide bonds. The number of anilines is 1. The first-order valence-corrected chi connectivity index (χ1v) is 4.81. The van der Waals surface area contributed by atoms with Gasteiger partial charge >= 0.3 is 0 Å². The van der Waals surface area contributed by atoms with Crippen molar-refractivity contribution >= 4 is 5.69 Å². The maximum Gasteiger partial charge on any atom is 0.0793 e. The highest BCUT2D eigenvalue weighted by atomic mass is 15.2. The maximum atomic E-state index is 3.32. The minimum atomic E-state index is 0.495. The molecule has 0 fully saturated rings. The lowest BCUT2D eigenvalue weighted by molar-refractivity contribution is 0.496. The summed E-state index contributed by atoms with van der Waals surface area (Å²) >= 11 is 0. The Labute approximate surface area is 79.6 Å². The number of hydrogen-bond acceptors (Lipinski definition) is 2. The van der Waals surface area contributed by atoms with E-state index in [9.17, 15) is 0 Å². The Kier molecular flexibility index (Phi) is 2.23. The second-order valence-corrected chi connectivity index (χ2v) is 3.58. The van der Waals surface area contributed by atoms with Crippen LogP contribution in [0.1, 0.15) is 12.0 Å². The first-order valence-electron chi connectivity index (χ1n) is 4.81. The van der Waals surface area contributed by atoms with Crippen LogP contribution in [0.3, 0.4) is 0 Å². The van der Waals surface area contributed by atoms with E-state index in [0.29, 0.717) is 6.17 Å². The maximum absolute atomic E-state index is 3.32. The molecule has 13 heavy (non-hydrogen) atoms. The van der Waals surface area contributed by atoms with Crippen molar-refractivity contribution in [2.45, 2.75) is 19.0 Å². The van der Waals surface area contributed by atoms with Crippen molar-refractivity contribution in [2.24, 2.45) is 0 Å². The van der Waals surface area contributed by atoms with Crippen molar-refractivity contribution in [1.29, 1.82) is 0 Å². The van der Waals surface area contributed by atoms with Crippen molar-refractivity contribution in [3.63, 3.8) is 0 Å². The summed E-state index contributed by atoms with van der Waals surface area (Å²) in [6.07, 6.45) is 2.88. The van der Waals surface area contributed by atoms with Gasteiger partial charge in [-0.2, -0.15) is 0 Å². The summed E-state index contributed by atoms with van der Waals surface area (Å²) in [5.74, 6) is 0. The van der Waals surface area contributed by atoms with Crippen LogP contribution in [0.25, 0.3) is 0 Å². The number of benzene rings is 1. The van der Waals surface area contributed by atoms with E-state index in [2.05, 4.69) is 41.5 Å². The number of nitrogens with one attached hydrogen (secondary N) is 1. The van der Waals surface area contributed by atoms with Gasteiger partial charge in [0.2, 0.25) is 0 Å². The third-order valence-corrected chi connectivity index (χ3v) is 2.86. The lowest BCUT2D eigenvalue weighted by Crippen LogP contribution is -2.44. The van der Waals surface area contributed by atoms with Gasteiger partial charge in [-0.25, -0.2) is 0 Å². The number of hydrogen-bond donors (Lipinski definition) is 1. The Morgan fingerprint density at radius 3 is 2.92 bits per heavy atom. The molecule has 0 spiro atoms. The van der Waals surface area contributed by atoms with Crippen LogP contribution >= 0.6 is 0 Å². The average Bonchev–Trinajstić information content (AvgIpc) is 2.19. The Morgan fingerprint density at radius 1 is 1.38 bits per heavy atom. The summed E-state index contributed by atoms with van der Waals surface area (Å²) in [5.41, 5.74) is 2.84. The summed E-state index contributed by atoms with van der Waals surface area (Å²) < 4.78 is 0. The van der Waals surface area contributed by atoms with Gasteiger partial charge in [0.15, 0.2) is 0 Å². The minimum Gasteiger partial charge on any atom is -0.359 e. The Bertz CT molecular complexity index is 296. The zero-order valence-corrected chi connectivity index (χ0v) is 8.25. The molecule has 0 saturated carbocycles. The predicted molar refractivity (Wildman–Crippen MR) is 56.0 cm³/mol. The third-order valence-electron chi connectivity index (χ3n) is 2.86. The third kappa shape index (κ3) is 1.42. The number of rotatable bonds is 1. The first-order chi connectivity index (χ1) is 6.33. The molecule has 1 aromatic carbocycles. The van der Waals surface area contributed by atoms with Crippen LogP contribution in [0.4, 0.5) is 5.69 Å². The quantitative estimate of drug-likeness (QED) is 0.699. The van der Waals surface area contributed by atoms with Crippen LogP contribution < -0.4 is 10.2 Å². The molecule has 1 atom stereocenters. The normalized spacial score (nSPS) is 21.4. The van der Waals surface area contributed by atoms with E-state index in [1.165, 1.54) is 24.1 Å². The fourth-order valence-corrected chi connectivity index (χ4v) is 2.06. The molecular formula is C11H16N2. The number of para-hydroxylation sites is 1. The van der Waals surface area contributed by atoms with Crippen LogP contribution in [0, 0.1) is 0 Å². The smallest absolute Gasteiger partial charge is 0.0793 e. The zero-order valence-electron chi connectivity index (χ0n) is 8.25. The molecular weight excluding hydrogens is 160 g/mol. The largest absolute Gasteiger partial charge is 0.359 e. The van der Waals surface area contributed by atoms with Gasteiger partial charge in [-0.3, -0.25) is 0 Å². The molecule has 1 aliphatic rings.